The molecule has 0 aliphatic carbocycles. The van der Waals surface area contributed by atoms with Crippen LogP contribution in [0.4, 0.5) is 10.2 Å². The number of anilines is 1. The first kappa shape index (κ1) is 21.5. The molecule has 1 fully saturated rings. The number of aromatic amines is 1. The van der Waals surface area contributed by atoms with Crippen LogP contribution in [0.1, 0.15) is 17.7 Å². The molecule has 0 saturated carbocycles. The molecule has 2 aromatic heterocycles. The van der Waals surface area contributed by atoms with Crippen LogP contribution in [0.2, 0.25) is 0 Å². The van der Waals surface area contributed by atoms with E-state index >= 15 is 0 Å². The van der Waals surface area contributed by atoms with Gasteiger partial charge in [-0.05, 0) is 44.6 Å². The minimum absolute atomic E-state index is 0.0244. The molecule has 1 aliphatic rings. The van der Waals surface area contributed by atoms with Gasteiger partial charge in [0.25, 0.3) is 0 Å². The number of H-pyrrole nitrogens is 1. The highest BCUT2D eigenvalue weighted by molar-refractivity contribution is 5.89. The van der Waals surface area contributed by atoms with Crippen LogP contribution in [-0.2, 0) is 4.79 Å². The first-order valence-electron chi connectivity index (χ1n) is 10.5. The third kappa shape index (κ3) is 5.13. The Labute approximate surface area is 186 Å². The fourth-order valence-corrected chi connectivity index (χ4v) is 3.56. The maximum atomic E-state index is 13.8. The standard InChI is InChI=1S/C24H25FN6O/c1-30(2)12-5-8-22(32)31-13-11-19(15-31)29-24-20-14-18(28-23(20)26-16-27-24)10-9-17-6-3-4-7-21(17)25/h3-8,14,16,19H,11-13,15H2,1-2H3,(H2,26,27,28,29)/t19-/m1/s1. The van der Waals surface area contributed by atoms with Crippen LogP contribution >= 0.6 is 0 Å². The SMILES string of the molecule is CN(C)CC=CC(=O)N1CC[C@@H](Nc2ncnc3[nH]c(C#Cc4ccccc4F)cc23)C1. The van der Waals surface area contributed by atoms with E-state index in [9.17, 15) is 9.18 Å². The van der Waals surface area contributed by atoms with Gasteiger partial charge in [0.15, 0.2) is 0 Å². The number of carbonyl (C=O) groups is 1. The molecule has 3 aromatic rings. The van der Waals surface area contributed by atoms with Crippen LogP contribution in [0.3, 0.4) is 0 Å². The smallest absolute Gasteiger partial charge is 0.246 e. The van der Waals surface area contributed by atoms with E-state index in [0.717, 1.165) is 18.4 Å². The predicted molar refractivity (Wildman–Crippen MR) is 123 cm³/mol. The molecule has 4 rings (SSSR count). The number of rotatable bonds is 5. The molecule has 1 aromatic carbocycles. The average Bonchev–Trinajstić information content (AvgIpc) is 3.40. The maximum absolute atomic E-state index is 13.8. The highest BCUT2D eigenvalue weighted by atomic mass is 19.1. The summed E-state index contributed by atoms with van der Waals surface area (Å²) in [5, 5.41) is 4.24. The van der Waals surface area contributed by atoms with Gasteiger partial charge in [0.2, 0.25) is 5.91 Å². The molecule has 8 heteroatoms. The van der Waals surface area contributed by atoms with Gasteiger partial charge in [-0.1, -0.05) is 24.1 Å². The van der Waals surface area contributed by atoms with Crippen LogP contribution < -0.4 is 5.32 Å². The van der Waals surface area contributed by atoms with Gasteiger partial charge in [-0.3, -0.25) is 4.79 Å². The first-order valence-corrected chi connectivity index (χ1v) is 10.5. The monoisotopic (exact) mass is 432 g/mol. The quantitative estimate of drug-likeness (QED) is 0.479. The molecule has 0 radical (unpaired) electrons. The Morgan fingerprint density at radius 3 is 3.00 bits per heavy atom. The zero-order valence-electron chi connectivity index (χ0n) is 18.1. The van der Waals surface area contributed by atoms with E-state index in [2.05, 4.69) is 32.1 Å². The van der Waals surface area contributed by atoms with Crippen molar-refractivity contribution in [1.29, 1.82) is 0 Å². The lowest BCUT2D eigenvalue weighted by Crippen LogP contribution is -2.30. The Bertz CT molecular complexity index is 1210. The van der Waals surface area contributed by atoms with E-state index in [1.165, 1.54) is 12.4 Å². The minimum Gasteiger partial charge on any atom is -0.365 e. The summed E-state index contributed by atoms with van der Waals surface area (Å²) in [5.74, 6) is 6.16. The number of nitrogens with one attached hydrogen (secondary N) is 2. The number of carbonyl (C=O) groups excluding carboxylic acids is 1. The molecule has 164 valence electrons. The Kier molecular flexibility index (Phi) is 6.47. The van der Waals surface area contributed by atoms with Crippen molar-refractivity contribution in [2.24, 2.45) is 0 Å². The average molecular weight is 433 g/mol. The lowest BCUT2D eigenvalue weighted by atomic mass is 10.2. The summed E-state index contributed by atoms with van der Waals surface area (Å²) in [7, 11) is 3.93. The molecule has 1 atom stereocenters. The zero-order valence-corrected chi connectivity index (χ0v) is 18.1. The Morgan fingerprint density at radius 2 is 2.19 bits per heavy atom. The van der Waals surface area contributed by atoms with Gasteiger partial charge in [-0.2, -0.15) is 0 Å². The normalized spacial score (nSPS) is 16.0. The van der Waals surface area contributed by atoms with Crippen molar-refractivity contribution in [3.05, 3.63) is 65.9 Å². The van der Waals surface area contributed by atoms with Crippen LogP contribution in [-0.4, -0.2) is 70.4 Å². The van der Waals surface area contributed by atoms with Crippen LogP contribution in [0, 0.1) is 17.7 Å². The van der Waals surface area contributed by atoms with Gasteiger partial charge in [0.05, 0.1) is 16.6 Å². The van der Waals surface area contributed by atoms with Crippen molar-refractivity contribution < 1.29 is 9.18 Å². The predicted octanol–water partition coefficient (Wildman–Crippen LogP) is 2.63. The van der Waals surface area contributed by atoms with Crippen molar-refractivity contribution in [1.82, 2.24) is 24.8 Å². The minimum atomic E-state index is -0.352. The number of hydrogen-bond donors (Lipinski definition) is 2. The number of likely N-dealkylation sites (N-methyl/N-ethyl adjacent to an activating group) is 1. The molecule has 32 heavy (non-hydrogen) atoms. The first-order chi connectivity index (χ1) is 15.5. The molecule has 2 N–H and O–H groups in total. The maximum Gasteiger partial charge on any atom is 0.246 e. The summed E-state index contributed by atoms with van der Waals surface area (Å²) < 4.78 is 13.8. The summed E-state index contributed by atoms with van der Waals surface area (Å²) in [6.07, 6.45) is 5.83. The van der Waals surface area contributed by atoms with E-state index in [-0.39, 0.29) is 17.8 Å². The molecule has 0 bridgehead atoms. The van der Waals surface area contributed by atoms with E-state index < -0.39 is 0 Å². The summed E-state index contributed by atoms with van der Waals surface area (Å²) >= 11 is 0. The largest absolute Gasteiger partial charge is 0.365 e. The molecule has 0 unspecified atom stereocenters. The molecule has 1 aliphatic heterocycles. The van der Waals surface area contributed by atoms with E-state index in [1.807, 2.05) is 36.0 Å². The van der Waals surface area contributed by atoms with E-state index in [1.54, 1.807) is 24.3 Å². The van der Waals surface area contributed by atoms with Crippen molar-refractivity contribution in [2.75, 3.05) is 39.0 Å². The van der Waals surface area contributed by atoms with Gasteiger partial charge in [0, 0.05) is 31.8 Å². The number of hydrogen-bond acceptors (Lipinski definition) is 5. The van der Waals surface area contributed by atoms with Gasteiger partial charge in [0.1, 0.15) is 23.6 Å². The van der Waals surface area contributed by atoms with E-state index in [4.69, 9.17) is 0 Å². The second kappa shape index (κ2) is 9.62. The number of fused-ring (bicyclic) bond motifs is 1. The summed E-state index contributed by atoms with van der Waals surface area (Å²) in [5.41, 5.74) is 1.62. The summed E-state index contributed by atoms with van der Waals surface area (Å²) in [6.45, 7) is 2.04. The van der Waals surface area contributed by atoms with Crippen molar-refractivity contribution in [2.45, 2.75) is 12.5 Å². The number of nitrogens with zero attached hydrogens (tertiary/aromatic N) is 4. The number of amides is 1. The molecular weight excluding hydrogens is 407 g/mol. The number of benzene rings is 1. The zero-order chi connectivity index (χ0) is 22.5. The van der Waals surface area contributed by atoms with Crippen LogP contribution in [0.5, 0.6) is 0 Å². The third-order valence-corrected chi connectivity index (χ3v) is 5.20. The van der Waals surface area contributed by atoms with Gasteiger partial charge >= 0.3 is 0 Å². The van der Waals surface area contributed by atoms with Crippen molar-refractivity contribution >= 4 is 22.8 Å². The van der Waals surface area contributed by atoms with Gasteiger partial charge in [-0.25, -0.2) is 14.4 Å². The Morgan fingerprint density at radius 1 is 1.34 bits per heavy atom. The number of likely N-dealkylation sites (tertiary alicyclic amines) is 1. The topological polar surface area (TPSA) is 77.2 Å². The molecule has 7 nitrogen and oxygen atoms in total. The van der Waals surface area contributed by atoms with Crippen LogP contribution in [0.15, 0.2) is 48.8 Å². The molecule has 1 saturated heterocycles. The number of aromatic nitrogens is 3. The Hall–Kier alpha value is -3.70. The second-order valence-corrected chi connectivity index (χ2v) is 7.98. The number of halogens is 1. The Balaban J connectivity index is 1.45. The summed E-state index contributed by atoms with van der Waals surface area (Å²) in [6, 6.07) is 8.36. The molecular formula is C24H25FN6O. The lowest BCUT2D eigenvalue weighted by Gasteiger charge is -2.16. The summed E-state index contributed by atoms with van der Waals surface area (Å²) in [4.78, 5) is 28.0. The molecule has 1 amide bonds. The van der Waals surface area contributed by atoms with Gasteiger partial charge < -0.3 is 20.1 Å². The van der Waals surface area contributed by atoms with Crippen molar-refractivity contribution in [3.63, 3.8) is 0 Å². The molecule has 0 spiro atoms. The second-order valence-electron chi connectivity index (χ2n) is 7.98. The fraction of sp³-hybridized carbons (Fsp3) is 0.292. The van der Waals surface area contributed by atoms with Crippen LogP contribution in [0.25, 0.3) is 11.0 Å². The highest BCUT2D eigenvalue weighted by Crippen LogP contribution is 2.23. The lowest BCUT2D eigenvalue weighted by molar-refractivity contribution is -0.125. The van der Waals surface area contributed by atoms with Crippen molar-refractivity contribution in [3.8, 4) is 11.8 Å². The fourth-order valence-electron chi connectivity index (χ4n) is 3.56. The third-order valence-electron chi connectivity index (χ3n) is 5.20. The molecule has 3 heterocycles. The van der Waals surface area contributed by atoms with Gasteiger partial charge in [-0.15, -0.1) is 0 Å². The van der Waals surface area contributed by atoms with E-state index in [0.29, 0.717) is 35.8 Å². The highest BCUT2D eigenvalue weighted by Gasteiger charge is 2.25.